The van der Waals surface area contributed by atoms with E-state index < -0.39 is 0 Å². The molecule has 0 aliphatic heterocycles. The molecule has 66 valence electrons. The van der Waals surface area contributed by atoms with Crippen LogP contribution in [0.2, 0.25) is 0 Å². The van der Waals surface area contributed by atoms with E-state index in [1.807, 2.05) is 12.3 Å². The Morgan fingerprint density at radius 2 is 2.25 bits per heavy atom. The molecule has 0 spiro atoms. The van der Waals surface area contributed by atoms with E-state index in [1.54, 1.807) is 0 Å². The second-order valence-electron chi connectivity index (χ2n) is 3.23. The molecule has 1 aromatic rings. The lowest BCUT2D eigenvalue weighted by Crippen LogP contribution is -2.07. The van der Waals surface area contributed by atoms with Gasteiger partial charge in [0.25, 0.3) is 0 Å². The maximum absolute atomic E-state index is 5.49. The molecule has 0 amide bonds. The van der Waals surface area contributed by atoms with Crippen LogP contribution in [0, 0.1) is 0 Å². The van der Waals surface area contributed by atoms with E-state index in [9.17, 15) is 0 Å². The molecule has 0 saturated heterocycles. The van der Waals surface area contributed by atoms with Crippen LogP contribution in [0.15, 0.2) is 18.3 Å². The third-order valence-electron chi connectivity index (χ3n) is 1.93. The van der Waals surface area contributed by atoms with Gasteiger partial charge in [0, 0.05) is 18.3 Å². The summed E-state index contributed by atoms with van der Waals surface area (Å²) < 4.78 is 0. The fraction of sp³-hybridized carbons (Fsp3) is 0.500. The number of nitrogens with two attached hydrogens (primary N) is 1. The van der Waals surface area contributed by atoms with Crippen LogP contribution in [-0.2, 0) is 6.42 Å². The molecule has 0 radical (unpaired) electrons. The van der Waals surface area contributed by atoms with Gasteiger partial charge in [-0.3, -0.25) is 4.98 Å². The minimum absolute atomic E-state index is 0.542. The van der Waals surface area contributed by atoms with E-state index >= 15 is 0 Å². The van der Waals surface area contributed by atoms with Gasteiger partial charge in [0.2, 0.25) is 0 Å². The molecule has 0 aromatic carbocycles. The average Bonchev–Trinajstić information content (AvgIpc) is 2.05. The maximum Gasteiger partial charge on any atom is 0.0450 e. The molecule has 0 unspecified atom stereocenters. The van der Waals surface area contributed by atoms with Gasteiger partial charge in [-0.05, 0) is 24.1 Å². The van der Waals surface area contributed by atoms with E-state index in [0.717, 1.165) is 12.1 Å². The standard InChI is InChI=1S/C10H16N2/c1-8(2)9-4-3-7-12-10(9)5-6-11/h3-4,7-8H,5-6,11H2,1-2H3. The van der Waals surface area contributed by atoms with Gasteiger partial charge in [-0.2, -0.15) is 0 Å². The van der Waals surface area contributed by atoms with Gasteiger partial charge < -0.3 is 5.73 Å². The third kappa shape index (κ3) is 2.05. The van der Waals surface area contributed by atoms with Crippen LogP contribution in [-0.4, -0.2) is 11.5 Å². The number of pyridine rings is 1. The first kappa shape index (κ1) is 9.20. The Hall–Kier alpha value is -0.890. The zero-order chi connectivity index (χ0) is 8.97. The molecule has 0 atom stereocenters. The van der Waals surface area contributed by atoms with Crippen molar-refractivity contribution in [3.63, 3.8) is 0 Å². The van der Waals surface area contributed by atoms with Crippen molar-refractivity contribution in [2.45, 2.75) is 26.2 Å². The Labute approximate surface area is 73.8 Å². The lowest BCUT2D eigenvalue weighted by atomic mass is 10.0. The first-order valence-corrected chi connectivity index (χ1v) is 4.39. The largest absolute Gasteiger partial charge is 0.330 e. The lowest BCUT2D eigenvalue weighted by molar-refractivity contribution is 0.808. The molecule has 0 aliphatic carbocycles. The summed E-state index contributed by atoms with van der Waals surface area (Å²) in [5.74, 6) is 0.542. The summed E-state index contributed by atoms with van der Waals surface area (Å²) in [4.78, 5) is 4.31. The highest BCUT2D eigenvalue weighted by Gasteiger charge is 2.05. The molecule has 2 N–H and O–H groups in total. The molecule has 0 saturated carbocycles. The number of hydrogen-bond acceptors (Lipinski definition) is 2. The highest BCUT2D eigenvalue weighted by atomic mass is 14.7. The highest BCUT2D eigenvalue weighted by Crippen LogP contribution is 2.16. The van der Waals surface area contributed by atoms with Gasteiger partial charge in [-0.1, -0.05) is 19.9 Å². The van der Waals surface area contributed by atoms with Crippen molar-refractivity contribution in [3.8, 4) is 0 Å². The van der Waals surface area contributed by atoms with Crippen LogP contribution >= 0.6 is 0 Å². The molecule has 0 bridgehead atoms. The Morgan fingerprint density at radius 3 is 2.83 bits per heavy atom. The molecular weight excluding hydrogens is 148 g/mol. The molecule has 0 fully saturated rings. The van der Waals surface area contributed by atoms with Crippen LogP contribution in [0.1, 0.15) is 31.0 Å². The lowest BCUT2D eigenvalue weighted by Gasteiger charge is -2.09. The van der Waals surface area contributed by atoms with E-state index in [4.69, 9.17) is 5.73 Å². The molecule has 0 aliphatic rings. The normalized spacial score (nSPS) is 10.7. The van der Waals surface area contributed by atoms with Crippen LogP contribution in [0.25, 0.3) is 0 Å². The number of aromatic nitrogens is 1. The van der Waals surface area contributed by atoms with Crippen molar-refractivity contribution >= 4 is 0 Å². The van der Waals surface area contributed by atoms with E-state index in [0.29, 0.717) is 12.5 Å². The van der Waals surface area contributed by atoms with Gasteiger partial charge in [0.1, 0.15) is 0 Å². The van der Waals surface area contributed by atoms with Gasteiger partial charge in [0.15, 0.2) is 0 Å². The number of rotatable bonds is 3. The Bertz CT molecular complexity index is 243. The van der Waals surface area contributed by atoms with Gasteiger partial charge in [0.05, 0.1) is 0 Å². The molecule has 2 heteroatoms. The minimum atomic E-state index is 0.542. The summed E-state index contributed by atoms with van der Waals surface area (Å²) in [5.41, 5.74) is 7.96. The molecule has 2 nitrogen and oxygen atoms in total. The van der Waals surface area contributed by atoms with Crippen molar-refractivity contribution in [2.24, 2.45) is 5.73 Å². The van der Waals surface area contributed by atoms with Crippen LogP contribution < -0.4 is 5.73 Å². The smallest absolute Gasteiger partial charge is 0.0450 e. The fourth-order valence-corrected chi connectivity index (χ4v) is 1.32. The van der Waals surface area contributed by atoms with E-state index in [2.05, 4.69) is 24.9 Å². The first-order valence-electron chi connectivity index (χ1n) is 4.39. The Morgan fingerprint density at radius 1 is 1.50 bits per heavy atom. The summed E-state index contributed by atoms with van der Waals surface area (Å²) in [7, 11) is 0. The molecule has 1 aromatic heterocycles. The van der Waals surface area contributed by atoms with E-state index in [1.165, 1.54) is 5.56 Å². The van der Waals surface area contributed by atoms with Crippen LogP contribution in [0.3, 0.4) is 0 Å². The summed E-state index contributed by atoms with van der Waals surface area (Å²) in [6.07, 6.45) is 2.71. The average molecular weight is 164 g/mol. The summed E-state index contributed by atoms with van der Waals surface area (Å²) >= 11 is 0. The molecule has 12 heavy (non-hydrogen) atoms. The fourth-order valence-electron chi connectivity index (χ4n) is 1.32. The Balaban J connectivity index is 2.92. The van der Waals surface area contributed by atoms with Crippen molar-refractivity contribution in [1.82, 2.24) is 4.98 Å². The van der Waals surface area contributed by atoms with Crippen molar-refractivity contribution in [1.29, 1.82) is 0 Å². The first-order chi connectivity index (χ1) is 5.75. The topological polar surface area (TPSA) is 38.9 Å². The maximum atomic E-state index is 5.49. The van der Waals surface area contributed by atoms with Gasteiger partial charge in [-0.25, -0.2) is 0 Å². The van der Waals surface area contributed by atoms with Crippen molar-refractivity contribution < 1.29 is 0 Å². The quantitative estimate of drug-likeness (QED) is 0.738. The second-order valence-corrected chi connectivity index (χ2v) is 3.23. The minimum Gasteiger partial charge on any atom is -0.330 e. The Kier molecular flexibility index (Phi) is 3.23. The molecule has 1 heterocycles. The van der Waals surface area contributed by atoms with Gasteiger partial charge >= 0.3 is 0 Å². The monoisotopic (exact) mass is 164 g/mol. The molecular formula is C10H16N2. The highest BCUT2D eigenvalue weighted by molar-refractivity contribution is 5.23. The van der Waals surface area contributed by atoms with Crippen molar-refractivity contribution in [3.05, 3.63) is 29.6 Å². The third-order valence-corrected chi connectivity index (χ3v) is 1.93. The van der Waals surface area contributed by atoms with Crippen molar-refractivity contribution in [2.75, 3.05) is 6.54 Å². The zero-order valence-electron chi connectivity index (χ0n) is 7.75. The SMILES string of the molecule is CC(C)c1cccnc1CCN. The van der Waals surface area contributed by atoms with Gasteiger partial charge in [-0.15, -0.1) is 0 Å². The summed E-state index contributed by atoms with van der Waals surface area (Å²) in [6, 6.07) is 4.11. The van der Waals surface area contributed by atoms with E-state index in [-0.39, 0.29) is 0 Å². The predicted molar refractivity (Wildman–Crippen MR) is 51.1 cm³/mol. The van der Waals surface area contributed by atoms with Crippen LogP contribution in [0.4, 0.5) is 0 Å². The van der Waals surface area contributed by atoms with Crippen LogP contribution in [0.5, 0.6) is 0 Å². The predicted octanol–water partition coefficient (Wildman–Crippen LogP) is 1.71. The molecule has 1 rings (SSSR count). The number of hydrogen-bond donors (Lipinski definition) is 1. The summed E-state index contributed by atoms with van der Waals surface area (Å²) in [6.45, 7) is 5.03. The number of nitrogens with zero attached hydrogens (tertiary/aromatic N) is 1. The second kappa shape index (κ2) is 4.21. The zero-order valence-corrected chi connectivity index (χ0v) is 7.75. The summed E-state index contributed by atoms with van der Waals surface area (Å²) in [5, 5.41) is 0.